The highest BCUT2D eigenvalue weighted by Gasteiger charge is 2.07. The van der Waals surface area contributed by atoms with Gasteiger partial charge < -0.3 is 20.5 Å². The summed E-state index contributed by atoms with van der Waals surface area (Å²) in [6, 6.07) is 3.50. The van der Waals surface area contributed by atoms with Gasteiger partial charge in [-0.15, -0.1) is 0 Å². The maximum absolute atomic E-state index is 11.8. The minimum absolute atomic E-state index is 0.00581. The minimum atomic E-state index is -0.00581. The quantitative estimate of drug-likeness (QED) is 0.643. The van der Waals surface area contributed by atoms with E-state index in [1.165, 1.54) is 0 Å². The largest absolute Gasteiger partial charge is 0.475 e. The second-order valence-corrected chi connectivity index (χ2v) is 5.00. The van der Waals surface area contributed by atoms with E-state index >= 15 is 0 Å². The van der Waals surface area contributed by atoms with E-state index in [1.807, 2.05) is 0 Å². The van der Waals surface area contributed by atoms with Crippen molar-refractivity contribution in [1.29, 1.82) is 0 Å². The molecular weight excluding hydrogens is 270 g/mol. The standard InChI is InChI=1S/C15H25N3O3/c1-12(7-8-16)3-5-14(19)18-13-4-6-15(17-11-13)21-10-9-20-2/h4,6,11-12H,3,5,7-10,16H2,1-2H3,(H,18,19). The molecule has 0 aliphatic rings. The number of methoxy groups -OCH3 is 1. The van der Waals surface area contributed by atoms with E-state index in [0.717, 1.165) is 12.8 Å². The number of amides is 1. The van der Waals surface area contributed by atoms with Crippen LogP contribution < -0.4 is 15.8 Å². The van der Waals surface area contributed by atoms with Crippen LogP contribution in [0.1, 0.15) is 26.2 Å². The number of nitrogens with two attached hydrogens (primary N) is 1. The van der Waals surface area contributed by atoms with Gasteiger partial charge in [-0.2, -0.15) is 0 Å². The fourth-order valence-electron chi connectivity index (χ4n) is 1.80. The molecule has 6 heteroatoms. The zero-order valence-corrected chi connectivity index (χ0v) is 12.8. The Morgan fingerprint density at radius 1 is 1.38 bits per heavy atom. The third kappa shape index (κ3) is 7.63. The number of hydrogen-bond acceptors (Lipinski definition) is 5. The smallest absolute Gasteiger partial charge is 0.224 e. The van der Waals surface area contributed by atoms with E-state index in [-0.39, 0.29) is 5.91 Å². The molecule has 0 aromatic carbocycles. The number of pyridine rings is 1. The molecule has 0 saturated heterocycles. The normalized spacial score (nSPS) is 12.0. The third-order valence-corrected chi connectivity index (χ3v) is 3.08. The summed E-state index contributed by atoms with van der Waals surface area (Å²) in [7, 11) is 1.61. The minimum Gasteiger partial charge on any atom is -0.475 e. The van der Waals surface area contributed by atoms with Crippen LogP contribution in [-0.2, 0) is 9.53 Å². The number of ether oxygens (including phenoxy) is 2. The molecule has 0 fully saturated rings. The molecule has 6 nitrogen and oxygen atoms in total. The van der Waals surface area contributed by atoms with Crippen molar-refractivity contribution >= 4 is 11.6 Å². The van der Waals surface area contributed by atoms with Crippen LogP contribution in [-0.4, -0.2) is 37.8 Å². The van der Waals surface area contributed by atoms with E-state index in [0.29, 0.717) is 43.7 Å². The monoisotopic (exact) mass is 295 g/mol. The lowest BCUT2D eigenvalue weighted by atomic mass is 10.0. The van der Waals surface area contributed by atoms with Gasteiger partial charge in [0.25, 0.3) is 0 Å². The molecule has 0 spiro atoms. The summed E-state index contributed by atoms with van der Waals surface area (Å²) in [5.41, 5.74) is 6.16. The Bertz CT molecular complexity index is 409. The van der Waals surface area contributed by atoms with E-state index < -0.39 is 0 Å². The second kappa shape index (κ2) is 10.1. The first-order valence-corrected chi connectivity index (χ1v) is 7.23. The molecule has 0 aliphatic carbocycles. The Balaban J connectivity index is 2.32. The van der Waals surface area contributed by atoms with Crippen LogP contribution in [0.5, 0.6) is 5.88 Å². The van der Waals surface area contributed by atoms with Crippen LogP contribution in [0, 0.1) is 5.92 Å². The van der Waals surface area contributed by atoms with Crippen LogP contribution in [0.15, 0.2) is 18.3 Å². The van der Waals surface area contributed by atoms with Gasteiger partial charge in [0.2, 0.25) is 11.8 Å². The van der Waals surface area contributed by atoms with Gasteiger partial charge in [-0.05, 0) is 31.4 Å². The predicted octanol–water partition coefficient (Wildman–Crippen LogP) is 1.81. The van der Waals surface area contributed by atoms with Crippen LogP contribution in [0.4, 0.5) is 5.69 Å². The summed E-state index contributed by atoms with van der Waals surface area (Å²) in [5.74, 6) is 0.978. The molecule has 0 saturated carbocycles. The number of anilines is 1. The summed E-state index contributed by atoms with van der Waals surface area (Å²) < 4.78 is 10.2. The Morgan fingerprint density at radius 2 is 2.19 bits per heavy atom. The van der Waals surface area contributed by atoms with Gasteiger partial charge in [0.15, 0.2) is 0 Å². The highest BCUT2D eigenvalue weighted by atomic mass is 16.5. The first kappa shape index (κ1) is 17.4. The van der Waals surface area contributed by atoms with Gasteiger partial charge in [-0.25, -0.2) is 4.98 Å². The number of carbonyl (C=O) groups is 1. The lowest BCUT2D eigenvalue weighted by Crippen LogP contribution is -2.14. The zero-order valence-electron chi connectivity index (χ0n) is 12.8. The molecule has 0 bridgehead atoms. The van der Waals surface area contributed by atoms with E-state index in [1.54, 1.807) is 25.4 Å². The summed E-state index contributed by atoms with van der Waals surface area (Å²) in [6.45, 7) is 3.74. The SMILES string of the molecule is COCCOc1ccc(NC(=O)CCC(C)CCN)cn1. The summed E-state index contributed by atoms with van der Waals surface area (Å²) in [4.78, 5) is 15.9. The van der Waals surface area contributed by atoms with Crippen LogP contribution in [0.3, 0.4) is 0 Å². The summed E-state index contributed by atoms with van der Waals surface area (Å²) >= 11 is 0. The average molecular weight is 295 g/mol. The van der Waals surface area contributed by atoms with Gasteiger partial charge in [0, 0.05) is 19.6 Å². The van der Waals surface area contributed by atoms with Gasteiger partial charge in [-0.3, -0.25) is 4.79 Å². The molecule has 21 heavy (non-hydrogen) atoms. The van der Waals surface area contributed by atoms with Gasteiger partial charge in [0.1, 0.15) is 6.61 Å². The molecule has 1 aromatic heterocycles. The molecule has 1 aromatic rings. The van der Waals surface area contributed by atoms with Gasteiger partial charge in [0.05, 0.1) is 18.5 Å². The van der Waals surface area contributed by atoms with Crippen molar-refractivity contribution in [2.24, 2.45) is 11.7 Å². The van der Waals surface area contributed by atoms with Crippen LogP contribution >= 0.6 is 0 Å². The van der Waals surface area contributed by atoms with Crippen molar-refractivity contribution in [3.8, 4) is 5.88 Å². The number of nitrogens with one attached hydrogen (secondary N) is 1. The lowest BCUT2D eigenvalue weighted by molar-refractivity contribution is -0.116. The topological polar surface area (TPSA) is 86.5 Å². The Labute approximate surface area is 126 Å². The Hall–Kier alpha value is -1.66. The summed E-state index contributed by atoms with van der Waals surface area (Å²) in [6.07, 6.45) is 3.87. The van der Waals surface area contributed by atoms with Crippen molar-refractivity contribution in [3.63, 3.8) is 0 Å². The molecule has 118 valence electrons. The lowest BCUT2D eigenvalue weighted by Gasteiger charge is -2.10. The summed E-state index contributed by atoms with van der Waals surface area (Å²) in [5, 5.41) is 2.82. The maximum atomic E-state index is 11.8. The van der Waals surface area contributed by atoms with E-state index in [9.17, 15) is 4.79 Å². The van der Waals surface area contributed by atoms with Crippen molar-refractivity contribution in [3.05, 3.63) is 18.3 Å². The van der Waals surface area contributed by atoms with Gasteiger partial charge in [-0.1, -0.05) is 6.92 Å². The molecule has 1 amide bonds. The highest BCUT2D eigenvalue weighted by molar-refractivity contribution is 5.90. The van der Waals surface area contributed by atoms with E-state index in [2.05, 4.69) is 17.2 Å². The first-order valence-electron chi connectivity index (χ1n) is 7.23. The number of carbonyl (C=O) groups excluding carboxylic acids is 1. The zero-order chi connectivity index (χ0) is 15.5. The van der Waals surface area contributed by atoms with Crippen LogP contribution in [0.25, 0.3) is 0 Å². The fraction of sp³-hybridized carbons (Fsp3) is 0.600. The third-order valence-electron chi connectivity index (χ3n) is 3.08. The van der Waals surface area contributed by atoms with E-state index in [4.69, 9.17) is 15.2 Å². The molecule has 3 N–H and O–H groups in total. The molecule has 1 rings (SSSR count). The number of rotatable bonds is 10. The van der Waals surface area contributed by atoms with Crippen molar-refractivity contribution in [1.82, 2.24) is 4.98 Å². The fourth-order valence-corrected chi connectivity index (χ4v) is 1.80. The second-order valence-electron chi connectivity index (χ2n) is 5.00. The van der Waals surface area contributed by atoms with Crippen LogP contribution in [0.2, 0.25) is 0 Å². The van der Waals surface area contributed by atoms with Crippen molar-refractivity contribution in [2.75, 3.05) is 32.2 Å². The highest BCUT2D eigenvalue weighted by Crippen LogP contribution is 2.14. The van der Waals surface area contributed by atoms with Crippen molar-refractivity contribution < 1.29 is 14.3 Å². The molecule has 1 atom stereocenters. The number of nitrogens with zero attached hydrogens (tertiary/aromatic N) is 1. The molecular formula is C15H25N3O3. The first-order chi connectivity index (χ1) is 10.2. The predicted molar refractivity (Wildman–Crippen MR) is 82.3 cm³/mol. The Kier molecular flexibility index (Phi) is 8.38. The molecule has 1 heterocycles. The number of hydrogen-bond donors (Lipinski definition) is 2. The molecule has 0 aliphatic heterocycles. The molecule has 1 unspecified atom stereocenters. The number of aromatic nitrogens is 1. The maximum Gasteiger partial charge on any atom is 0.224 e. The van der Waals surface area contributed by atoms with Crippen molar-refractivity contribution in [2.45, 2.75) is 26.2 Å². The Morgan fingerprint density at radius 3 is 2.81 bits per heavy atom. The van der Waals surface area contributed by atoms with Gasteiger partial charge >= 0.3 is 0 Å². The average Bonchev–Trinajstić information content (AvgIpc) is 2.48. The molecule has 0 radical (unpaired) electrons.